The molecule has 0 amide bonds. The lowest BCUT2D eigenvalue weighted by molar-refractivity contribution is -0.140. The first-order valence-corrected chi connectivity index (χ1v) is 11.8. The topological polar surface area (TPSA) is 55.4 Å². The highest BCUT2D eigenvalue weighted by molar-refractivity contribution is 6.04. The van der Waals surface area contributed by atoms with E-state index in [1.807, 2.05) is 67.6 Å². The molecule has 3 aromatic rings. The van der Waals surface area contributed by atoms with Gasteiger partial charge in [0.1, 0.15) is 12.4 Å². The Morgan fingerprint density at radius 2 is 1.57 bits per heavy atom. The molecule has 2 aliphatic rings. The highest BCUT2D eigenvalue weighted by Crippen LogP contribution is 2.45. The van der Waals surface area contributed by atoms with E-state index < -0.39 is 11.9 Å². The number of carbonyl (C=O) groups is 2. The fraction of sp³-hybridized carbons (Fsp3) is 0.200. The molecular formula is C30H26FNO3. The Kier molecular flexibility index (Phi) is 6.32. The van der Waals surface area contributed by atoms with E-state index in [4.69, 9.17) is 4.74 Å². The smallest absolute Gasteiger partial charge is 0.337 e. The summed E-state index contributed by atoms with van der Waals surface area (Å²) in [5.41, 5.74) is 5.11. The minimum Gasteiger partial charge on any atom is -0.457 e. The summed E-state index contributed by atoms with van der Waals surface area (Å²) in [4.78, 5) is 26.9. The maximum Gasteiger partial charge on any atom is 0.337 e. The van der Waals surface area contributed by atoms with Crippen LogP contribution in [-0.2, 0) is 20.9 Å². The number of ketones is 1. The fourth-order valence-corrected chi connectivity index (χ4v) is 5.06. The van der Waals surface area contributed by atoms with Gasteiger partial charge in [0.15, 0.2) is 5.78 Å². The van der Waals surface area contributed by atoms with Crippen LogP contribution < -0.4 is 5.32 Å². The van der Waals surface area contributed by atoms with Crippen molar-refractivity contribution in [2.75, 3.05) is 0 Å². The minimum atomic E-state index is -0.612. The summed E-state index contributed by atoms with van der Waals surface area (Å²) in [7, 11) is 0. The van der Waals surface area contributed by atoms with Crippen LogP contribution in [0.3, 0.4) is 0 Å². The second-order valence-corrected chi connectivity index (χ2v) is 9.04. The number of benzene rings is 3. The van der Waals surface area contributed by atoms with Crippen LogP contribution in [0.2, 0.25) is 0 Å². The van der Waals surface area contributed by atoms with Gasteiger partial charge >= 0.3 is 5.97 Å². The average Bonchev–Trinajstić information content (AvgIpc) is 2.88. The third kappa shape index (κ3) is 4.67. The van der Waals surface area contributed by atoms with Gasteiger partial charge in [0.25, 0.3) is 0 Å². The molecule has 176 valence electrons. The number of ether oxygens (including phenoxy) is 1. The molecule has 2 atom stereocenters. The second-order valence-electron chi connectivity index (χ2n) is 9.04. The quantitative estimate of drug-likeness (QED) is 0.473. The monoisotopic (exact) mass is 467 g/mol. The number of nitrogens with one attached hydrogen (secondary N) is 1. The Morgan fingerprint density at radius 1 is 0.914 bits per heavy atom. The van der Waals surface area contributed by atoms with Crippen LogP contribution >= 0.6 is 0 Å². The number of esters is 1. The van der Waals surface area contributed by atoms with Crippen LogP contribution in [0.25, 0.3) is 0 Å². The maximum atomic E-state index is 13.7. The van der Waals surface area contributed by atoms with Crippen molar-refractivity contribution in [2.45, 2.75) is 38.2 Å². The third-order valence-electron chi connectivity index (χ3n) is 6.73. The van der Waals surface area contributed by atoms with Gasteiger partial charge in [-0.3, -0.25) is 4.79 Å². The van der Waals surface area contributed by atoms with Crippen molar-refractivity contribution < 1.29 is 18.7 Å². The summed E-state index contributed by atoms with van der Waals surface area (Å²) in [6, 6.07) is 25.5. The minimum absolute atomic E-state index is 0.0113. The van der Waals surface area contributed by atoms with Gasteiger partial charge in [0.2, 0.25) is 0 Å². The van der Waals surface area contributed by atoms with Crippen LogP contribution in [-0.4, -0.2) is 11.8 Å². The van der Waals surface area contributed by atoms with Crippen molar-refractivity contribution in [3.8, 4) is 0 Å². The summed E-state index contributed by atoms with van der Waals surface area (Å²) in [6.07, 6.45) is 1.01. The molecular weight excluding hydrogens is 441 g/mol. The zero-order valence-corrected chi connectivity index (χ0v) is 19.5. The predicted octanol–water partition coefficient (Wildman–Crippen LogP) is 5.93. The average molecular weight is 468 g/mol. The number of Topliss-reactive ketones (excluding diaryl/α,β-unsaturated/α-hetero) is 1. The molecule has 1 aliphatic carbocycles. The predicted molar refractivity (Wildman–Crippen MR) is 132 cm³/mol. The van der Waals surface area contributed by atoms with Gasteiger partial charge < -0.3 is 10.1 Å². The Bertz CT molecular complexity index is 1310. The van der Waals surface area contributed by atoms with Gasteiger partial charge in [0.05, 0.1) is 5.57 Å². The number of dihydropyridines is 1. The Hall–Kier alpha value is -3.99. The first kappa shape index (κ1) is 22.8. The molecule has 35 heavy (non-hydrogen) atoms. The fourth-order valence-electron chi connectivity index (χ4n) is 5.06. The molecule has 5 heteroatoms. The molecule has 0 saturated carbocycles. The molecule has 5 rings (SSSR count). The maximum absolute atomic E-state index is 13.7. The van der Waals surface area contributed by atoms with Crippen molar-refractivity contribution in [3.05, 3.63) is 130 Å². The Morgan fingerprint density at radius 3 is 2.26 bits per heavy atom. The van der Waals surface area contributed by atoms with Gasteiger partial charge in [-0.05, 0) is 48.1 Å². The lowest BCUT2D eigenvalue weighted by Gasteiger charge is -2.36. The second kappa shape index (κ2) is 9.71. The van der Waals surface area contributed by atoms with Crippen molar-refractivity contribution in [3.63, 3.8) is 0 Å². The summed E-state index contributed by atoms with van der Waals surface area (Å²) in [6.45, 7) is 1.96. The van der Waals surface area contributed by atoms with E-state index in [9.17, 15) is 14.0 Å². The summed E-state index contributed by atoms with van der Waals surface area (Å²) in [5, 5.41) is 3.35. The van der Waals surface area contributed by atoms with Crippen molar-refractivity contribution >= 4 is 11.8 Å². The molecule has 0 radical (unpaired) electrons. The van der Waals surface area contributed by atoms with E-state index >= 15 is 0 Å². The Labute approximate surface area is 204 Å². The summed E-state index contributed by atoms with van der Waals surface area (Å²) < 4.78 is 19.4. The standard InChI is InChI=1S/C30H26FNO3/c1-19-27(30(34)35-18-20-8-4-2-5-9-20)28(22-12-14-24(31)15-13-22)29-25(32-19)16-23(17-26(29)33)21-10-6-3-7-11-21/h2-15,23,28,32H,16-18H2,1H3/t23-,28+/m0/s1. The number of carbonyl (C=O) groups excluding carboxylic acids is 2. The molecule has 0 saturated heterocycles. The molecule has 0 aromatic heterocycles. The third-order valence-corrected chi connectivity index (χ3v) is 6.73. The molecule has 3 aromatic carbocycles. The summed E-state index contributed by atoms with van der Waals surface area (Å²) >= 11 is 0. The van der Waals surface area contributed by atoms with Gasteiger partial charge in [-0.15, -0.1) is 0 Å². The van der Waals surface area contributed by atoms with Crippen molar-refractivity contribution in [2.24, 2.45) is 0 Å². The van der Waals surface area contributed by atoms with E-state index in [1.54, 1.807) is 12.1 Å². The zero-order valence-electron chi connectivity index (χ0n) is 19.5. The van der Waals surface area contributed by atoms with Gasteiger partial charge in [-0.25, -0.2) is 9.18 Å². The number of rotatable bonds is 5. The molecule has 1 aliphatic heterocycles. The normalized spacial score (nSPS) is 19.8. The lowest BCUT2D eigenvalue weighted by Crippen LogP contribution is -2.36. The highest BCUT2D eigenvalue weighted by atomic mass is 19.1. The number of halogens is 1. The molecule has 0 spiro atoms. The van der Waals surface area contributed by atoms with Crippen LogP contribution in [0.4, 0.5) is 4.39 Å². The largest absolute Gasteiger partial charge is 0.457 e. The van der Waals surface area contributed by atoms with Crippen LogP contribution in [0.5, 0.6) is 0 Å². The molecule has 0 bridgehead atoms. The molecule has 1 heterocycles. The number of hydrogen-bond acceptors (Lipinski definition) is 4. The summed E-state index contributed by atoms with van der Waals surface area (Å²) in [5.74, 6) is -1.42. The van der Waals surface area contributed by atoms with Crippen LogP contribution in [0.15, 0.2) is 107 Å². The van der Waals surface area contributed by atoms with Crippen molar-refractivity contribution in [1.82, 2.24) is 5.32 Å². The van der Waals surface area contributed by atoms with E-state index in [0.717, 1.165) is 16.8 Å². The van der Waals surface area contributed by atoms with Crippen molar-refractivity contribution in [1.29, 1.82) is 0 Å². The number of allylic oxidation sites excluding steroid dienone is 3. The SMILES string of the molecule is CC1=C(C(=O)OCc2ccccc2)[C@@H](c2ccc(F)cc2)C2=C(C[C@H](c3ccccc3)CC2=O)N1. The van der Waals surface area contributed by atoms with Gasteiger partial charge in [0, 0.05) is 29.3 Å². The van der Waals surface area contributed by atoms with E-state index in [2.05, 4.69) is 5.32 Å². The highest BCUT2D eigenvalue weighted by Gasteiger charge is 2.41. The van der Waals surface area contributed by atoms with E-state index in [0.29, 0.717) is 35.2 Å². The van der Waals surface area contributed by atoms with Gasteiger partial charge in [-0.2, -0.15) is 0 Å². The molecule has 0 unspecified atom stereocenters. The van der Waals surface area contributed by atoms with Gasteiger partial charge in [-0.1, -0.05) is 72.8 Å². The lowest BCUT2D eigenvalue weighted by atomic mass is 9.72. The van der Waals surface area contributed by atoms with Crippen LogP contribution in [0.1, 0.15) is 48.3 Å². The first-order chi connectivity index (χ1) is 17.0. The first-order valence-electron chi connectivity index (χ1n) is 11.8. The molecule has 0 fully saturated rings. The molecule has 1 N–H and O–H groups in total. The zero-order chi connectivity index (χ0) is 24.4. The number of hydrogen-bond donors (Lipinski definition) is 1. The van der Waals surface area contributed by atoms with E-state index in [1.165, 1.54) is 12.1 Å². The Balaban J connectivity index is 1.51. The van der Waals surface area contributed by atoms with Crippen LogP contribution in [0, 0.1) is 5.82 Å². The molecule has 4 nitrogen and oxygen atoms in total. The van der Waals surface area contributed by atoms with E-state index in [-0.39, 0.29) is 24.1 Å².